The summed E-state index contributed by atoms with van der Waals surface area (Å²) in [5, 5.41) is 30.9. The zero-order chi connectivity index (χ0) is 42.6. The van der Waals surface area contributed by atoms with E-state index in [2.05, 4.69) is 35.6 Å². The van der Waals surface area contributed by atoms with Gasteiger partial charge in [-0.2, -0.15) is 0 Å². The largest absolute Gasteiger partial charge is 0.453 e. The van der Waals surface area contributed by atoms with E-state index in [1.807, 2.05) is 54.6 Å². The summed E-state index contributed by atoms with van der Waals surface area (Å²) in [5.41, 5.74) is 4.02. The number of para-hydroxylation sites is 1. The molecular formula is C42H53N7O10. The third-order valence-corrected chi connectivity index (χ3v) is 10.4. The molecule has 59 heavy (non-hydrogen) atoms. The number of hydrogen-bond acceptors (Lipinski definition) is 11. The topological polar surface area (TPSA) is 219 Å². The number of aliphatic hydroxyl groups is 2. The third kappa shape index (κ3) is 11.5. The van der Waals surface area contributed by atoms with Crippen LogP contribution in [0.4, 0.5) is 26.7 Å². The lowest BCUT2D eigenvalue weighted by Gasteiger charge is -2.29. The van der Waals surface area contributed by atoms with Crippen LogP contribution in [0, 0.1) is 0 Å². The summed E-state index contributed by atoms with van der Waals surface area (Å²) in [4.78, 5) is 81.8. The number of ether oxygens (including phenoxy) is 2. The highest BCUT2D eigenvalue weighted by molar-refractivity contribution is 5.99. The minimum absolute atomic E-state index is 0.306. The van der Waals surface area contributed by atoms with Crippen LogP contribution in [-0.2, 0) is 41.7 Å². The Hall–Kier alpha value is -6.20. The van der Waals surface area contributed by atoms with Crippen molar-refractivity contribution in [2.24, 2.45) is 0 Å². The molecule has 0 aromatic heterocycles. The average molecular weight is 816 g/mol. The molecule has 0 saturated carbocycles. The Morgan fingerprint density at radius 1 is 0.644 bits per heavy atom. The van der Waals surface area contributed by atoms with Gasteiger partial charge in [0.25, 0.3) is 0 Å². The van der Waals surface area contributed by atoms with E-state index in [9.17, 15) is 39.0 Å². The van der Waals surface area contributed by atoms with E-state index in [1.165, 1.54) is 23.6 Å². The lowest BCUT2D eigenvalue weighted by molar-refractivity contribution is -0.140. The second-order valence-electron chi connectivity index (χ2n) is 14.7. The van der Waals surface area contributed by atoms with E-state index in [1.54, 1.807) is 24.3 Å². The second kappa shape index (κ2) is 20.5. The number of nitrogens with one attached hydrogen (secondary N) is 4. The van der Waals surface area contributed by atoms with Crippen LogP contribution >= 0.6 is 0 Å². The maximum absolute atomic E-state index is 13.4. The fourth-order valence-electron chi connectivity index (χ4n) is 7.27. The molecule has 0 radical (unpaired) electrons. The van der Waals surface area contributed by atoms with Gasteiger partial charge in [0.05, 0.1) is 26.4 Å². The van der Waals surface area contributed by atoms with Crippen LogP contribution in [-0.4, -0.2) is 120 Å². The van der Waals surface area contributed by atoms with Gasteiger partial charge >= 0.3 is 12.2 Å². The molecular weight excluding hydrogens is 763 g/mol. The van der Waals surface area contributed by atoms with Crippen molar-refractivity contribution < 1.29 is 48.5 Å². The Labute approximate surface area is 343 Å². The van der Waals surface area contributed by atoms with Gasteiger partial charge in [0.2, 0.25) is 23.6 Å². The predicted octanol–water partition coefficient (Wildman–Crippen LogP) is 2.96. The van der Waals surface area contributed by atoms with Crippen LogP contribution in [0.1, 0.15) is 50.7 Å². The minimum Gasteiger partial charge on any atom is -0.453 e. The molecule has 6 amide bonds. The molecule has 3 aromatic rings. The van der Waals surface area contributed by atoms with Crippen molar-refractivity contribution in [1.82, 2.24) is 20.4 Å². The summed E-state index contributed by atoms with van der Waals surface area (Å²) < 4.78 is 9.18. The zero-order valence-electron chi connectivity index (χ0n) is 33.6. The monoisotopic (exact) mass is 815 g/mol. The Morgan fingerprint density at radius 2 is 1.03 bits per heavy atom. The quantitative estimate of drug-likeness (QED) is 0.131. The molecule has 3 unspecified atom stereocenters. The number of anilines is 3. The number of nitrogens with zero attached hydrogens (tertiary/aromatic N) is 3. The highest BCUT2D eigenvalue weighted by atomic mass is 16.5. The highest BCUT2D eigenvalue weighted by Crippen LogP contribution is 2.25. The summed E-state index contributed by atoms with van der Waals surface area (Å²) >= 11 is 0. The number of rotatable bonds is 15. The number of benzene rings is 3. The van der Waals surface area contributed by atoms with Gasteiger partial charge in [0, 0.05) is 43.2 Å². The number of methoxy groups -OCH3 is 2. The van der Waals surface area contributed by atoms with E-state index in [4.69, 9.17) is 0 Å². The van der Waals surface area contributed by atoms with Gasteiger partial charge in [-0.25, -0.2) is 9.59 Å². The van der Waals surface area contributed by atoms with Gasteiger partial charge in [-0.15, -0.1) is 0 Å². The van der Waals surface area contributed by atoms with Gasteiger partial charge in [0.1, 0.15) is 24.2 Å². The number of alkyl carbamates (subject to hydrolysis) is 2. The van der Waals surface area contributed by atoms with Crippen molar-refractivity contribution in [2.75, 3.05) is 42.8 Å². The van der Waals surface area contributed by atoms with Gasteiger partial charge in [-0.1, -0.05) is 42.5 Å². The van der Waals surface area contributed by atoms with Crippen molar-refractivity contribution in [3.63, 3.8) is 0 Å². The van der Waals surface area contributed by atoms with Crippen molar-refractivity contribution in [3.05, 3.63) is 90.0 Å². The van der Waals surface area contributed by atoms with E-state index in [0.29, 0.717) is 63.2 Å². The fourth-order valence-corrected chi connectivity index (χ4v) is 7.27. The van der Waals surface area contributed by atoms with Crippen molar-refractivity contribution in [3.8, 4) is 0 Å². The van der Waals surface area contributed by atoms with E-state index >= 15 is 0 Å². The molecule has 5 rings (SSSR count). The van der Waals surface area contributed by atoms with Gasteiger partial charge in [-0.05, 0) is 87.1 Å². The third-order valence-electron chi connectivity index (χ3n) is 10.4. The zero-order valence-corrected chi connectivity index (χ0v) is 33.6. The van der Waals surface area contributed by atoms with Crippen molar-refractivity contribution >= 4 is 52.9 Å². The molecule has 0 bridgehead atoms. The minimum atomic E-state index is -1.26. The van der Waals surface area contributed by atoms with Crippen LogP contribution in [0.2, 0.25) is 0 Å². The second-order valence-corrected chi connectivity index (χ2v) is 14.7. The van der Waals surface area contributed by atoms with E-state index in [-0.39, 0.29) is 11.8 Å². The number of carbonyl (C=O) groups excluding carboxylic acids is 6. The number of aliphatic hydroxyl groups excluding tert-OH is 2. The molecule has 17 heteroatoms. The molecule has 6 atom stereocenters. The maximum Gasteiger partial charge on any atom is 0.407 e. The first-order valence-corrected chi connectivity index (χ1v) is 19.5. The first-order valence-electron chi connectivity index (χ1n) is 19.5. The molecule has 316 valence electrons. The number of hydrogen-bond donors (Lipinski definition) is 6. The molecule has 0 spiro atoms. The van der Waals surface area contributed by atoms with E-state index < -0.39 is 60.4 Å². The molecule has 2 aliphatic heterocycles. The molecule has 2 saturated heterocycles. The van der Waals surface area contributed by atoms with Crippen LogP contribution < -0.4 is 26.2 Å². The Kier molecular flexibility index (Phi) is 15.2. The summed E-state index contributed by atoms with van der Waals surface area (Å²) in [7, 11) is 2.32. The lowest BCUT2D eigenvalue weighted by Crippen LogP contribution is -2.56. The summed E-state index contributed by atoms with van der Waals surface area (Å²) in [5.74, 6) is -1.88. The Bertz CT molecular complexity index is 1810. The molecule has 6 N–H and O–H groups in total. The molecule has 2 fully saturated rings. The molecule has 17 nitrogen and oxygen atoms in total. The first kappa shape index (κ1) is 43.9. The number of likely N-dealkylation sites (tertiary alicyclic amines) is 2. The lowest BCUT2D eigenvalue weighted by atomic mass is 10.1. The molecule has 2 aliphatic rings. The first-order chi connectivity index (χ1) is 28.3. The predicted molar refractivity (Wildman–Crippen MR) is 218 cm³/mol. The maximum atomic E-state index is 13.4. The van der Waals surface area contributed by atoms with Crippen LogP contribution in [0.5, 0.6) is 0 Å². The molecule has 0 aliphatic carbocycles. The van der Waals surface area contributed by atoms with Crippen molar-refractivity contribution in [2.45, 2.75) is 89.0 Å². The molecule has 3 aromatic carbocycles. The van der Waals surface area contributed by atoms with Crippen molar-refractivity contribution in [1.29, 1.82) is 0 Å². The standard InChI is InChI=1S/C42H53N7O10/c1-26(50)35(45-41(56)58-3)39(54)48-22-8-12-33(48)37(52)43-30-18-14-28(15-19-30)24-47(32-10-6-5-7-11-32)25-29-16-20-31(21-17-29)44-38(53)34-13-9-23-49(34)40(55)36(27(2)51)46-42(57)59-4/h5-7,10-11,14-21,26-27,33-36,50-51H,8-9,12-13,22-25H2,1-4H3,(H,43,52)(H,44,53)(H,45,56)(H,46,57)/t26-,27?,33-,34?,35?,36-/m0/s1. The fraction of sp³-hybridized carbons (Fsp3) is 0.429. The van der Waals surface area contributed by atoms with Gasteiger partial charge in [-0.3, -0.25) is 19.2 Å². The normalized spacial score (nSPS) is 18.1. The molecule has 2 heterocycles. The average Bonchev–Trinajstić information content (AvgIpc) is 3.94. The Balaban J connectivity index is 1.20. The van der Waals surface area contributed by atoms with Gasteiger partial charge < -0.3 is 55.7 Å². The number of carbonyl (C=O) groups is 6. The summed E-state index contributed by atoms with van der Waals surface area (Å²) in [6.45, 7) is 4.43. The van der Waals surface area contributed by atoms with Gasteiger partial charge in [0.15, 0.2) is 0 Å². The smallest absolute Gasteiger partial charge is 0.407 e. The van der Waals surface area contributed by atoms with E-state index in [0.717, 1.165) is 31.0 Å². The van der Waals surface area contributed by atoms with Crippen LogP contribution in [0.25, 0.3) is 0 Å². The SMILES string of the molecule is COC(=O)NC(C(=O)N1CCC[C@H]1C(=O)Nc1ccc(CN(Cc2ccc(NC(=O)C3CCCN3C(=O)[C@@H](NC(=O)OC)C(C)O)cc2)c2ccccc2)cc1)[C@H](C)O. The van der Waals surface area contributed by atoms with Crippen LogP contribution in [0.15, 0.2) is 78.9 Å². The summed E-state index contributed by atoms with van der Waals surface area (Å²) in [6.07, 6.45) is -2.08. The number of amides is 6. The summed E-state index contributed by atoms with van der Waals surface area (Å²) in [6, 6.07) is 20.7. The Morgan fingerprint density at radius 3 is 1.39 bits per heavy atom. The highest BCUT2D eigenvalue weighted by Gasteiger charge is 2.41. The van der Waals surface area contributed by atoms with Crippen LogP contribution in [0.3, 0.4) is 0 Å².